The molecule has 1 aromatic heterocycles. The largest absolute Gasteiger partial charge is 0.534 e. The van der Waals surface area contributed by atoms with E-state index >= 15 is 0 Å². The molecule has 0 radical (unpaired) electrons. The highest BCUT2D eigenvalue weighted by Crippen LogP contribution is 2.30. The first-order valence-corrected chi connectivity index (χ1v) is 8.50. The van der Waals surface area contributed by atoms with Gasteiger partial charge in [-0.15, -0.1) is 5.10 Å². The van der Waals surface area contributed by atoms with Crippen molar-refractivity contribution in [3.8, 4) is 11.6 Å². The van der Waals surface area contributed by atoms with E-state index in [0.717, 1.165) is 24.3 Å². The Hall–Kier alpha value is -3.09. The van der Waals surface area contributed by atoms with Crippen LogP contribution in [0.3, 0.4) is 0 Å². The number of alkyl halides is 3. The molecule has 3 rings (SSSR count). The third-order valence-corrected chi connectivity index (χ3v) is 4.38. The van der Waals surface area contributed by atoms with Gasteiger partial charge in [0, 0.05) is 6.07 Å². The molecule has 1 heterocycles. The summed E-state index contributed by atoms with van der Waals surface area (Å²) in [5.41, 5.74) is -7.77. The van der Waals surface area contributed by atoms with Crippen LogP contribution in [0.15, 0.2) is 41.2 Å². The van der Waals surface area contributed by atoms with Crippen LogP contribution < -0.4 is 9.74 Å². The van der Waals surface area contributed by atoms with Gasteiger partial charge in [0.15, 0.2) is 5.82 Å². The summed E-state index contributed by atoms with van der Waals surface area (Å²) >= 11 is 0. The second kappa shape index (κ2) is 6.51. The van der Waals surface area contributed by atoms with Crippen LogP contribution in [0.4, 0.5) is 26.3 Å². The minimum absolute atomic E-state index is 0.137. The molecule has 0 aliphatic carbocycles. The number of aromatic nitrogens is 2. The first-order chi connectivity index (χ1) is 12.9. The Morgan fingerprint density at radius 3 is 2.14 bits per heavy atom. The predicted octanol–water partition coefficient (Wildman–Crippen LogP) is 3.03. The van der Waals surface area contributed by atoms with E-state index in [1.165, 1.54) is 0 Å². The van der Waals surface area contributed by atoms with Gasteiger partial charge in [-0.05, 0) is 30.3 Å². The fourth-order valence-corrected chi connectivity index (χ4v) is 2.64. The fraction of sp³-hybridized carbons (Fsp3) is 0.0667. The van der Waals surface area contributed by atoms with Crippen LogP contribution in [0, 0.1) is 17.5 Å². The summed E-state index contributed by atoms with van der Waals surface area (Å²) in [4.78, 5) is 12.5. The predicted molar refractivity (Wildman–Crippen MR) is 82.8 cm³/mol. The van der Waals surface area contributed by atoms with Gasteiger partial charge in [-0.3, -0.25) is 4.79 Å². The van der Waals surface area contributed by atoms with Gasteiger partial charge < -0.3 is 4.18 Å². The summed E-state index contributed by atoms with van der Waals surface area (Å²) in [6.45, 7) is 0. The molecule has 13 heteroatoms. The standard InChI is InChI=1S/C15H6F6N2O4S/c16-7-1-3-9-10(5-7)14(24)23(12-4-2-8(17)6-11(12)18)22-13(9)27-28(25,26)15(19,20)21/h1-6H. The van der Waals surface area contributed by atoms with Crippen LogP contribution in [0.25, 0.3) is 16.5 Å². The van der Waals surface area contributed by atoms with Gasteiger partial charge in [-0.2, -0.15) is 26.3 Å². The lowest BCUT2D eigenvalue weighted by Gasteiger charge is -2.13. The van der Waals surface area contributed by atoms with Gasteiger partial charge >= 0.3 is 15.6 Å². The zero-order chi connectivity index (χ0) is 20.9. The lowest BCUT2D eigenvalue weighted by Crippen LogP contribution is -2.30. The van der Waals surface area contributed by atoms with Gasteiger partial charge in [0.1, 0.15) is 17.3 Å². The quantitative estimate of drug-likeness (QED) is 0.367. The smallest absolute Gasteiger partial charge is 0.353 e. The molecule has 0 unspecified atom stereocenters. The zero-order valence-electron chi connectivity index (χ0n) is 13.2. The first kappa shape index (κ1) is 19.7. The summed E-state index contributed by atoms with van der Waals surface area (Å²) in [6, 6.07) is 3.86. The molecule has 148 valence electrons. The van der Waals surface area contributed by atoms with Crippen molar-refractivity contribution < 1.29 is 38.9 Å². The lowest BCUT2D eigenvalue weighted by molar-refractivity contribution is -0.0501. The first-order valence-electron chi connectivity index (χ1n) is 7.09. The molecule has 0 bridgehead atoms. The number of nitrogens with zero attached hydrogens (tertiary/aromatic N) is 2. The van der Waals surface area contributed by atoms with Crippen molar-refractivity contribution >= 4 is 20.9 Å². The Morgan fingerprint density at radius 1 is 0.929 bits per heavy atom. The van der Waals surface area contributed by atoms with E-state index in [0.29, 0.717) is 12.1 Å². The highest BCUT2D eigenvalue weighted by atomic mass is 32.2. The van der Waals surface area contributed by atoms with E-state index < -0.39 is 61.0 Å². The molecule has 0 saturated heterocycles. The SMILES string of the molecule is O=c1c2cc(F)ccc2c(OS(=O)(=O)C(F)(F)F)nn1-c1ccc(F)cc1F. The molecular weight excluding hydrogens is 418 g/mol. The average molecular weight is 424 g/mol. The Morgan fingerprint density at radius 2 is 1.54 bits per heavy atom. The van der Waals surface area contributed by atoms with Crippen LogP contribution >= 0.6 is 0 Å². The molecule has 2 aromatic carbocycles. The molecule has 0 aliphatic heterocycles. The van der Waals surface area contributed by atoms with Crippen LogP contribution in [0.2, 0.25) is 0 Å². The molecule has 0 amide bonds. The van der Waals surface area contributed by atoms with Crippen molar-refractivity contribution in [1.29, 1.82) is 0 Å². The van der Waals surface area contributed by atoms with E-state index in [1.54, 1.807) is 0 Å². The molecule has 0 fully saturated rings. The minimum atomic E-state index is -6.21. The van der Waals surface area contributed by atoms with E-state index in [1.807, 2.05) is 0 Å². The van der Waals surface area contributed by atoms with E-state index in [2.05, 4.69) is 9.28 Å². The van der Waals surface area contributed by atoms with Crippen LogP contribution in [0.5, 0.6) is 5.88 Å². The van der Waals surface area contributed by atoms with Crippen LogP contribution in [-0.2, 0) is 10.1 Å². The average Bonchev–Trinajstić information content (AvgIpc) is 2.57. The topological polar surface area (TPSA) is 78.3 Å². The van der Waals surface area contributed by atoms with Crippen molar-refractivity contribution in [2.24, 2.45) is 0 Å². The Balaban J connectivity index is 2.35. The molecule has 28 heavy (non-hydrogen) atoms. The molecule has 0 atom stereocenters. The van der Waals surface area contributed by atoms with Crippen molar-refractivity contribution in [3.63, 3.8) is 0 Å². The van der Waals surface area contributed by atoms with Gasteiger partial charge in [0.25, 0.3) is 11.4 Å². The second-order valence-corrected chi connectivity index (χ2v) is 6.83. The second-order valence-electron chi connectivity index (χ2n) is 5.29. The Labute approximate surface area is 151 Å². The summed E-state index contributed by atoms with van der Waals surface area (Å²) in [6.07, 6.45) is 0. The number of benzene rings is 2. The molecule has 0 spiro atoms. The minimum Gasteiger partial charge on any atom is -0.353 e. The third-order valence-electron chi connectivity index (χ3n) is 3.44. The summed E-state index contributed by atoms with van der Waals surface area (Å²) in [5.74, 6) is -4.62. The molecule has 0 saturated carbocycles. The summed E-state index contributed by atoms with van der Waals surface area (Å²) in [5, 5.41) is 2.09. The van der Waals surface area contributed by atoms with E-state index in [9.17, 15) is 39.6 Å². The number of rotatable bonds is 3. The third kappa shape index (κ3) is 3.40. The Kier molecular flexibility index (Phi) is 4.57. The molecular formula is C15H6F6N2O4S. The van der Waals surface area contributed by atoms with Crippen molar-refractivity contribution in [1.82, 2.24) is 9.78 Å². The van der Waals surface area contributed by atoms with Crippen LogP contribution in [0.1, 0.15) is 0 Å². The number of fused-ring (bicyclic) bond motifs is 1. The summed E-state index contributed by atoms with van der Waals surface area (Å²) < 4.78 is 105. The number of hydrogen-bond donors (Lipinski definition) is 0. The highest BCUT2D eigenvalue weighted by molar-refractivity contribution is 7.88. The maximum Gasteiger partial charge on any atom is 0.534 e. The van der Waals surface area contributed by atoms with E-state index in [-0.39, 0.29) is 4.68 Å². The highest BCUT2D eigenvalue weighted by Gasteiger charge is 2.49. The molecule has 0 N–H and O–H groups in total. The lowest BCUT2D eigenvalue weighted by atomic mass is 10.2. The molecule has 6 nitrogen and oxygen atoms in total. The van der Waals surface area contributed by atoms with Gasteiger partial charge in [-0.1, -0.05) is 0 Å². The van der Waals surface area contributed by atoms with Gasteiger partial charge in [0.2, 0.25) is 0 Å². The number of hydrogen-bond acceptors (Lipinski definition) is 5. The molecule has 3 aromatic rings. The monoisotopic (exact) mass is 424 g/mol. The van der Waals surface area contributed by atoms with Gasteiger partial charge in [-0.25, -0.2) is 13.2 Å². The zero-order valence-corrected chi connectivity index (χ0v) is 14.0. The van der Waals surface area contributed by atoms with Crippen molar-refractivity contribution in [2.45, 2.75) is 5.51 Å². The van der Waals surface area contributed by atoms with Gasteiger partial charge in [0.05, 0.1) is 10.8 Å². The maximum atomic E-state index is 14.0. The van der Waals surface area contributed by atoms with E-state index in [4.69, 9.17) is 0 Å². The maximum absolute atomic E-state index is 14.0. The van der Waals surface area contributed by atoms with Crippen molar-refractivity contribution in [3.05, 3.63) is 64.2 Å². The summed E-state index contributed by atoms with van der Waals surface area (Å²) in [7, 11) is -6.21. The fourth-order valence-electron chi connectivity index (χ4n) is 2.21. The van der Waals surface area contributed by atoms with Crippen LogP contribution in [-0.4, -0.2) is 23.7 Å². The Bertz CT molecular complexity index is 1250. The normalized spacial score (nSPS) is 12.4. The van der Waals surface area contributed by atoms with Crippen molar-refractivity contribution in [2.75, 3.05) is 0 Å². The number of halogens is 6. The molecule has 0 aliphatic rings.